The average Bonchev–Trinajstić information content (AvgIpc) is 3.00. The molecule has 9 heteroatoms. The van der Waals surface area contributed by atoms with Crippen molar-refractivity contribution in [3.05, 3.63) is 90.0 Å². The van der Waals surface area contributed by atoms with E-state index >= 15 is 0 Å². The normalized spacial score (nSPS) is 14.5. The molecule has 0 spiro atoms. The molecular formula is C33H41N3O5S. The molecule has 1 aliphatic carbocycles. The first kappa shape index (κ1) is 31.1. The summed E-state index contributed by atoms with van der Waals surface area (Å²) in [5.41, 5.74) is 2.09. The Kier molecular flexibility index (Phi) is 10.6. The fraction of sp³-hybridized carbons (Fsp3) is 0.394. The second-order valence-electron chi connectivity index (χ2n) is 10.8. The number of carbonyl (C=O) groups excluding carboxylic acids is 2. The van der Waals surface area contributed by atoms with Crippen LogP contribution in [0, 0.1) is 6.92 Å². The number of hydrogen-bond donors (Lipinski definition) is 1. The van der Waals surface area contributed by atoms with Crippen LogP contribution in [0.25, 0.3) is 0 Å². The van der Waals surface area contributed by atoms with Crippen LogP contribution in [0.15, 0.2) is 83.8 Å². The van der Waals surface area contributed by atoms with Gasteiger partial charge in [0.05, 0.1) is 17.2 Å². The summed E-state index contributed by atoms with van der Waals surface area (Å²) >= 11 is 0. The van der Waals surface area contributed by atoms with E-state index in [2.05, 4.69) is 5.32 Å². The lowest BCUT2D eigenvalue weighted by molar-refractivity contribution is -0.139. The number of amides is 2. The van der Waals surface area contributed by atoms with Gasteiger partial charge in [-0.15, -0.1) is 0 Å². The van der Waals surface area contributed by atoms with Gasteiger partial charge in [-0.3, -0.25) is 13.9 Å². The standard InChI is InChI=1S/C33H41N3O5S/c1-4-41-30-19-17-29(18-20-30)36(42(39,40)31-21-15-25(2)16-22-31)24-32(37)35(23-27-11-7-5-8-12-27)26(3)33(38)34-28-13-9-6-10-14-28/h5,7-8,11-12,15-22,26,28H,4,6,9-10,13-14,23-24H2,1-3H3,(H,34,38)/t26-/m1/s1. The predicted molar refractivity (Wildman–Crippen MR) is 165 cm³/mol. The molecule has 1 fully saturated rings. The Morgan fingerprint density at radius 2 is 1.57 bits per heavy atom. The molecule has 0 aromatic heterocycles. The zero-order valence-electron chi connectivity index (χ0n) is 24.7. The smallest absolute Gasteiger partial charge is 0.264 e. The van der Waals surface area contributed by atoms with E-state index in [4.69, 9.17) is 4.74 Å². The van der Waals surface area contributed by atoms with Crippen molar-refractivity contribution < 1.29 is 22.7 Å². The van der Waals surface area contributed by atoms with Crippen LogP contribution in [0.2, 0.25) is 0 Å². The lowest BCUT2D eigenvalue weighted by atomic mass is 9.95. The van der Waals surface area contributed by atoms with Gasteiger partial charge in [-0.05, 0) is 75.6 Å². The molecule has 42 heavy (non-hydrogen) atoms. The van der Waals surface area contributed by atoms with E-state index in [1.54, 1.807) is 55.5 Å². The molecule has 224 valence electrons. The number of benzene rings is 3. The Labute approximate surface area is 249 Å². The molecule has 0 unspecified atom stereocenters. The van der Waals surface area contributed by atoms with Crippen molar-refractivity contribution in [3.8, 4) is 5.75 Å². The minimum absolute atomic E-state index is 0.0764. The van der Waals surface area contributed by atoms with Crippen molar-refractivity contribution in [1.29, 1.82) is 0 Å². The van der Waals surface area contributed by atoms with Gasteiger partial charge < -0.3 is 15.0 Å². The number of hydrogen-bond acceptors (Lipinski definition) is 5. The minimum atomic E-state index is -4.12. The maximum absolute atomic E-state index is 14.1. The van der Waals surface area contributed by atoms with E-state index in [0.717, 1.165) is 47.5 Å². The van der Waals surface area contributed by atoms with Crippen LogP contribution in [0.4, 0.5) is 5.69 Å². The van der Waals surface area contributed by atoms with Crippen molar-refractivity contribution in [2.75, 3.05) is 17.5 Å². The van der Waals surface area contributed by atoms with Crippen LogP contribution < -0.4 is 14.4 Å². The summed E-state index contributed by atoms with van der Waals surface area (Å²) in [6.45, 7) is 5.62. The summed E-state index contributed by atoms with van der Waals surface area (Å²) in [7, 11) is -4.12. The SMILES string of the molecule is CCOc1ccc(N(CC(=O)N(Cc2ccccc2)[C@H](C)C(=O)NC2CCCCC2)S(=O)(=O)c2ccc(C)cc2)cc1. The van der Waals surface area contributed by atoms with E-state index in [9.17, 15) is 18.0 Å². The molecule has 1 N–H and O–H groups in total. The van der Waals surface area contributed by atoms with Gasteiger partial charge in [0.25, 0.3) is 10.0 Å². The lowest BCUT2D eigenvalue weighted by Crippen LogP contribution is -2.53. The highest BCUT2D eigenvalue weighted by Gasteiger charge is 2.33. The topological polar surface area (TPSA) is 96.0 Å². The highest BCUT2D eigenvalue weighted by Crippen LogP contribution is 2.27. The fourth-order valence-electron chi connectivity index (χ4n) is 5.17. The molecule has 4 rings (SSSR count). The monoisotopic (exact) mass is 591 g/mol. The summed E-state index contributed by atoms with van der Waals surface area (Å²) in [6, 6.07) is 21.9. The average molecular weight is 592 g/mol. The van der Waals surface area contributed by atoms with Crippen molar-refractivity contribution in [1.82, 2.24) is 10.2 Å². The molecular weight excluding hydrogens is 550 g/mol. The summed E-state index contributed by atoms with van der Waals surface area (Å²) in [5, 5.41) is 3.13. The van der Waals surface area contributed by atoms with E-state index in [1.807, 2.05) is 44.2 Å². The summed E-state index contributed by atoms with van der Waals surface area (Å²) in [4.78, 5) is 29.0. The van der Waals surface area contributed by atoms with Gasteiger partial charge >= 0.3 is 0 Å². The van der Waals surface area contributed by atoms with Gasteiger partial charge in [-0.25, -0.2) is 8.42 Å². The first-order valence-electron chi connectivity index (χ1n) is 14.6. The van der Waals surface area contributed by atoms with E-state index in [-0.39, 0.29) is 23.4 Å². The number of ether oxygens (including phenoxy) is 1. The van der Waals surface area contributed by atoms with Crippen molar-refractivity contribution in [2.45, 2.75) is 76.4 Å². The van der Waals surface area contributed by atoms with Crippen LogP contribution >= 0.6 is 0 Å². The third-order valence-corrected chi connectivity index (χ3v) is 9.43. The highest BCUT2D eigenvalue weighted by atomic mass is 32.2. The maximum Gasteiger partial charge on any atom is 0.264 e. The number of carbonyl (C=O) groups is 2. The Morgan fingerprint density at radius 1 is 0.929 bits per heavy atom. The lowest BCUT2D eigenvalue weighted by Gasteiger charge is -2.33. The first-order valence-corrected chi connectivity index (χ1v) is 16.1. The summed E-state index contributed by atoms with van der Waals surface area (Å²) in [6.07, 6.45) is 5.15. The fourth-order valence-corrected chi connectivity index (χ4v) is 6.59. The maximum atomic E-state index is 14.1. The van der Waals surface area contributed by atoms with Gasteiger partial charge in [-0.2, -0.15) is 0 Å². The highest BCUT2D eigenvalue weighted by molar-refractivity contribution is 7.92. The third-order valence-electron chi connectivity index (χ3n) is 7.64. The van der Waals surface area contributed by atoms with Crippen molar-refractivity contribution >= 4 is 27.5 Å². The second kappa shape index (κ2) is 14.4. The Balaban J connectivity index is 1.66. The number of rotatable bonds is 12. The van der Waals surface area contributed by atoms with Crippen LogP contribution in [-0.4, -0.2) is 50.4 Å². The molecule has 0 radical (unpaired) electrons. The molecule has 8 nitrogen and oxygen atoms in total. The van der Waals surface area contributed by atoms with Crippen LogP contribution in [0.5, 0.6) is 5.75 Å². The van der Waals surface area contributed by atoms with Crippen molar-refractivity contribution in [2.24, 2.45) is 0 Å². The van der Waals surface area contributed by atoms with Gasteiger partial charge in [0, 0.05) is 12.6 Å². The number of aryl methyl sites for hydroxylation is 1. The second-order valence-corrected chi connectivity index (χ2v) is 12.6. The Hall–Kier alpha value is -3.85. The zero-order valence-corrected chi connectivity index (χ0v) is 25.5. The summed E-state index contributed by atoms with van der Waals surface area (Å²) < 4.78 is 34.6. The van der Waals surface area contributed by atoms with Gasteiger partial charge in [0.15, 0.2) is 0 Å². The molecule has 1 aliphatic rings. The zero-order chi connectivity index (χ0) is 30.1. The molecule has 1 atom stereocenters. The number of nitrogens with zero attached hydrogens (tertiary/aromatic N) is 2. The Bertz CT molecular complexity index is 1420. The van der Waals surface area contributed by atoms with E-state index in [1.165, 1.54) is 4.90 Å². The number of sulfonamides is 1. The van der Waals surface area contributed by atoms with Crippen LogP contribution in [0.3, 0.4) is 0 Å². The van der Waals surface area contributed by atoms with Gasteiger partial charge in [-0.1, -0.05) is 67.3 Å². The third kappa shape index (κ3) is 7.91. The van der Waals surface area contributed by atoms with Gasteiger partial charge in [0.2, 0.25) is 11.8 Å². The molecule has 0 heterocycles. The molecule has 0 aliphatic heterocycles. The Morgan fingerprint density at radius 3 is 2.19 bits per heavy atom. The quantitative estimate of drug-likeness (QED) is 0.302. The van der Waals surface area contributed by atoms with Crippen molar-refractivity contribution in [3.63, 3.8) is 0 Å². The molecule has 3 aromatic rings. The van der Waals surface area contributed by atoms with E-state index in [0.29, 0.717) is 18.0 Å². The van der Waals surface area contributed by atoms with Crippen LogP contribution in [0.1, 0.15) is 57.1 Å². The minimum Gasteiger partial charge on any atom is -0.494 e. The molecule has 3 aromatic carbocycles. The molecule has 1 saturated carbocycles. The molecule has 2 amide bonds. The van der Waals surface area contributed by atoms with Crippen LogP contribution in [-0.2, 0) is 26.2 Å². The summed E-state index contributed by atoms with van der Waals surface area (Å²) in [5.74, 6) is -0.117. The predicted octanol–water partition coefficient (Wildman–Crippen LogP) is 5.46. The van der Waals surface area contributed by atoms with E-state index < -0.39 is 28.5 Å². The first-order chi connectivity index (χ1) is 20.2. The van der Waals surface area contributed by atoms with Gasteiger partial charge in [0.1, 0.15) is 18.3 Å². The molecule has 0 saturated heterocycles. The largest absolute Gasteiger partial charge is 0.494 e. The number of nitrogens with one attached hydrogen (secondary N) is 1. The molecule has 0 bridgehead atoms. The number of anilines is 1.